The van der Waals surface area contributed by atoms with Crippen LogP contribution < -0.4 is 10.6 Å². The Labute approximate surface area is 126 Å². The number of carbonyl (C=O) groups excluding carboxylic acids is 1. The molecule has 4 heteroatoms. The minimum atomic E-state index is -0.220. The van der Waals surface area contributed by atoms with Crippen molar-refractivity contribution in [1.29, 1.82) is 0 Å². The Kier molecular flexibility index (Phi) is 5.44. The van der Waals surface area contributed by atoms with E-state index in [0.717, 1.165) is 23.4 Å². The minimum absolute atomic E-state index is 0.0491. The highest BCUT2D eigenvalue weighted by Crippen LogP contribution is 2.22. The Morgan fingerprint density at radius 2 is 1.90 bits per heavy atom. The van der Waals surface area contributed by atoms with Gasteiger partial charge in [0.1, 0.15) is 0 Å². The van der Waals surface area contributed by atoms with E-state index in [1.54, 1.807) is 0 Å². The van der Waals surface area contributed by atoms with Gasteiger partial charge in [-0.05, 0) is 38.3 Å². The fourth-order valence-corrected chi connectivity index (χ4v) is 3.06. The van der Waals surface area contributed by atoms with E-state index in [1.165, 1.54) is 12.8 Å². The molecule has 0 radical (unpaired) electrons. The number of hydrogen-bond donors (Lipinski definition) is 2. The molecule has 0 unspecified atom stereocenters. The predicted octanol–water partition coefficient (Wildman–Crippen LogP) is 3.44. The zero-order valence-electron chi connectivity index (χ0n) is 12.2. The lowest BCUT2D eigenvalue weighted by Gasteiger charge is -2.22. The molecule has 1 saturated carbocycles. The summed E-state index contributed by atoms with van der Waals surface area (Å²) in [7, 11) is 0. The molecule has 0 spiro atoms. The van der Waals surface area contributed by atoms with Gasteiger partial charge in [0, 0.05) is 17.1 Å². The van der Waals surface area contributed by atoms with E-state index in [-0.39, 0.29) is 18.0 Å². The van der Waals surface area contributed by atoms with Gasteiger partial charge in [-0.15, -0.1) is 0 Å². The lowest BCUT2D eigenvalue weighted by atomic mass is 10.1. The zero-order valence-corrected chi connectivity index (χ0v) is 12.9. The van der Waals surface area contributed by atoms with Crippen LogP contribution in [0.4, 0.5) is 0 Å². The molecule has 110 valence electrons. The number of rotatable bonds is 5. The second-order valence-electron chi connectivity index (χ2n) is 5.62. The van der Waals surface area contributed by atoms with Crippen molar-refractivity contribution in [2.75, 3.05) is 0 Å². The fraction of sp³-hybridized carbons (Fsp3) is 0.562. The predicted molar refractivity (Wildman–Crippen MR) is 82.9 cm³/mol. The number of amides is 1. The van der Waals surface area contributed by atoms with Crippen LogP contribution in [0.25, 0.3) is 0 Å². The van der Waals surface area contributed by atoms with Gasteiger partial charge in [-0.25, -0.2) is 0 Å². The van der Waals surface area contributed by atoms with Gasteiger partial charge < -0.3 is 5.32 Å². The van der Waals surface area contributed by atoms with Gasteiger partial charge >= 0.3 is 0 Å². The van der Waals surface area contributed by atoms with Crippen LogP contribution in [0.3, 0.4) is 0 Å². The summed E-state index contributed by atoms with van der Waals surface area (Å²) in [6.45, 7) is 3.93. The maximum atomic E-state index is 12.1. The SMILES string of the molecule is C[C@@H](N[C@H](C)c1ccccc1Cl)C(=O)NC1CCCC1. The average molecular weight is 295 g/mol. The van der Waals surface area contributed by atoms with Crippen LogP contribution in [0, 0.1) is 0 Å². The molecule has 1 fully saturated rings. The van der Waals surface area contributed by atoms with Crippen LogP contribution in [0.1, 0.15) is 51.1 Å². The van der Waals surface area contributed by atoms with E-state index in [4.69, 9.17) is 11.6 Å². The van der Waals surface area contributed by atoms with Crippen molar-refractivity contribution < 1.29 is 4.79 Å². The number of carbonyl (C=O) groups is 1. The van der Waals surface area contributed by atoms with Crippen LogP contribution in [-0.2, 0) is 4.79 Å². The minimum Gasteiger partial charge on any atom is -0.352 e. The van der Waals surface area contributed by atoms with Crippen molar-refractivity contribution in [3.8, 4) is 0 Å². The third-order valence-electron chi connectivity index (χ3n) is 3.97. The van der Waals surface area contributed by atoms with E-state index in [2.05, 4.69) is 10.6 Å². The molecule has 1 aromatic rings. The Morgan fingerprint density at radius 3 is 2.55 bits per heavy atom. The number of halogens is 1. The molecule has 1 amide bonds. The van der Waals surface area contributed by atoms with E-state index >= 15 is 0 Å². The van der Waals surface area contributed by atoms with E-state index in [1.807, 2.05) is 38.1 Å². The second-order valence-corrected chi connectivity index (χ2v) is 6.03. The zero-order chi connectivity index (χ0) is 14.5. The van der Waals surface area contributed by atoms with Crippen LogP contribution >= 0.6 is 11.6 Å². The third-order valence-corrected chi connectivity index (χ3v) is 4.31. The van der Waals surface area contributed by atoms with Crippen LogP contribution in [-0.4, -0.2) is 18.0 Å². The Bertz CT molecular complexity index is 458. The molecule has 2 rings (SSSR count). The lowest BCUT2D eigenvalue weighted by Crippen LogP contribution is -2.46. The lowest BCUT2D eigenvalue weighted by molar-refractivity contribution is -0.123. The van der Waals surface area contributed by atoms with Gasteiger partial charge in [-0.1, -0.05) is 42.6 Å². The van der Waals surface area contributed by atoms with Gasteiger partial charge in [0.15, 0.2) is 0 Å². The van der Waals surface area contributed by atoms with Crippen molar-refractivity contribution in [2.45, 2.75) is 57.7 Å². The summed E-state index contributed by atoms with van der Waals surface area (Å²) in [5.74, 6) is 0.0794. The molecule has 0 heterocycles. The first-order chi connectivity index (χ1) is 9.58. The van der Waals surface area contributed by atoms with Crippen molar-refractivity contribution in [2.24, 2.45) is 0 Å². The first kappa shape index (κ1) is 15.3. The summed E-state index contributed by atoms with van der Waals surface area (Å²) in [6.07, 6.45) is 4.67. The molecule has 0 bridgehead atoms. The van der Waals surface area contributed by atoms with E-state index in [0.29, 0.717) is 6.04 Å². The van der Waals surface area contributed by atoms with Gasteiger partial charge in [0.25, 0.3) is 0 Å². The molecule has 3 nitrogen and oxygen atoms in total. The molecule has 1 aliphatic carbocycles. The Morgan fingerprint density at radius 1 is 1.25 bits per heavy atom. The molecule has 1 aliphatic rings. The fourth-order valence-electron chi connectivity index (χ4n) is 2.76. The molecule has 2 atom stereocenters. The van der Waals surface area contributed by atoms with Gasteiger partial charge in [0.2, 0.25) is 5.91 Å². The van der Waals surface area contributed by atoms with E-state index < -0.39 is 0 Å². The molecular formula is C16H23ClN2O. The summed E-state index contributed by atoms with van der Waals surface area (Å²) in [5.41, 5.74) is 1.02. The number of hydrogen-bond acceptors (Lipinski definition) is 2. The van der Waals surface area contributed by atoms with Crippen molar-refractivity contribution >= 4 is 17.5 Å². The van der Waals surface area contributed by atoms with Crippen molar-refractivity contribution in [3.63, 3.8) is 0 Å². The largest absolute Gasteiger partial charge is 0.352 e. The standard InChI is InChI=1S/C16H23ClN2O/c1-11(14-9-5-6-10-15(14)17)18-12(2)16(20)19-13-7-3-4-8-13/h5-6,9-13,18H,3-4,7-8H2,1-2H3,(H,19,20)/t11-,12-/m1/s1. The monoisotopic (exact) mass is 294 g/mol. The quantitative estimate of drug-likeness (QED) is 0.873. The normalized spacial score (nSPS) is 18.8. The summed E-state index contributed by atoms with van der Waals surface area (Å²) in [5, 5.41) is 7.16. The summed E-state index contributed by atoms with van der Waals surface area (Å²) >= 11 is 6.18. The highest BCUT2D eigenvalue weighted by Gasteiger charge is 2.22. The topological polar surface area (TPSA) is 41.1 Å². The van der Waals surface area contributed by atoms with Gasteiger partial charge in [-0.3, -0.25) is 10.1 Å². The van der Waals surface area contributed by atoms with Gasteiger partial charge in [-0.2, -0.15) is 0 Å². The molecule has 0 saturated heterocycles. The first-order valence-corrected chi connectivity index (χ1v) is 7.76. The molecular weight excluding hydrogens is 272 g/mol. The second kappa shape index (κ2) is 7.09. The summed E-state index contributed by atoms with van der Waals surface area (Å²) in [6, 6.07) is 7.93. The Hall–Kier alpha value is -1.06. The van der Waals surface area contributed by atoms with Crippen molar-refractivity contribution in [3.05, 3.63) is 34.9 Å². The molecule has 0 aromatic heterocycles. The van der Waals surface area contributed by atoms with Crippen molar-refractivity contribution in [1.82, 2.24) is 10.6 Å². The van der Waals surface area contributed by atoms with Crippen LogP contribution in [0.5, 0.6) is 0 Å². The van der Waals surface area contributed by atoms with Gasteiger partial charge in [0.05, 0.1) is 6.04 Å². The highest BCUT2D eigenvalue weighted by atomic mass is 35.5. The summed E-state index contributed by atoms with van der Waals surface area (Å²) in [4.78, 5) is 12.1. The maximum absolute atomic E-state index is 12.1. The Balaban J connectivity index is 1.88. The number of nitrogens with one attached hydrogen (secondary N) is 2. The van der Waals surface area contributed by atoms with Crippen LogP contribution in [0.15, 0.2) is 24.3 Å². The smallest absolute Gasteiger partial charge is 0.237 e. The highest BCUT2D eigenvalue weighted by molar-refractivity contribution is 6.31. The molecule has 0 aliphatic heterocycles. The third kappa shape index (κ3) is 3.97. The molecule has 1 aromatic carbocycles. The molecule has 20 heavy (non-hydrogen) atoms. The molecule has 2 N–H and O–H groups in total. The first-order valence-electron chi connectivity index (χ1n) is 7.39. The summed E-state index contributed by atoms with van der Waals surface area (Å²) < 4.78 is 0. The average Bonchev–Trinajstić information content (AvgIpc) is 2.91. The van der Waals surface area contributed by atoms with E-state index in [9.17, 15) is 4.79 Å². The maximum Gasteiger partial charge on any atom is 0.237 e. The number of benzene rings is 1. The van der Waals surface area contributed by atoms with Crippen LogP contribution in [0.2, 0.25) is 5.02 Å².